The van der Waals surface area contributed by atoms with Crippen LogP contribution in [0.4, 0.5) is 5.69 Å². The van der Waals surface area contributed by atoms with Crippen LogP contribution in [0.2, 0.25) is 5.02 Å². The number of methoxy groups -OCH3 is 1. The Balaban J connectivity index is 2.79. The lowest BCUT2D eigenvalue weighted by atomic mass is 10.1. The maximum Gasteiger partial charge on any atom is 0.137 e. The summed E-state index contributed by atoms with van der Waals surface area (Å²) in [7, 11) is 3.71. The third kappa shape index (κ3) is 3.79. The van der Waals surface area contributed by atoms with Crippen LogP contribution in [0.15, 0.2) is 12.1 Å². The van der Waals surface area contributed by atoms with Crippen molar-refractivity contribution in [2.75, 3.05) is 38.7 Å². The molecule has 0 aliphatic carbocycles. The monoisotopic (exact) mass is 256 g/mol. The van der Waals surface area contributed by atoms with Crippen LogP contribution >= 0.6 is 11.6 Å². The molecule has 17 heavy (non-hydrogen) atoms. The van der Waals surface area contributed by atoms with Gasteiger partial charge >= 0.3 is 0 Å². The number of halogens is 1. The molecule has 3 nitrogen and oxygen atoms in total. The number of hydrogen-bond acceptors (Lipinski definition) is 3. The SMILES string of the molecule is CCNCCN(C)c1cc(Cl)c(OC)cc1C. The van der Waals surface area contributed by atoms with E-state index in [2.05, 4.69) is 31.1 Å². The molecule has 0 bridgehead atoms. The fourth-order valence-electron chi connectivity index (χ4n) is 1.76. The Morgan fingerprint density at radius 2 is 2.12 bits per heavy atom. The summed E-state index contributed by atoms with van der Waals surface area (Å²) < 4.78 is 5.20. The smallest absolute Gasteiger partial charge is 0.137 e. The molecule has 0 aromatic heterocycles. The third-order valence-corrected chi connectivity index (χ3v) is 3.05. The number of likely N-dealkylation sites (N-methyl/N-ethyl adjacent to an activating group) is 2. The molecular formula is C13H21ClN2O. The lowest BCUT2D eigenvalue weighted by molar-refractivity contribution is 0.414. The van der Waals surface area contributed by atoms with E-state index >= 15 is 0 Å². The first-order chi connectivity index (χ1) is 8.10. The van der Waals surface area contributed by atoms with E-state index in [1.54, 1.807) is 7.11 Å². The number of benzene rings is 1. The van der Waals surface area contributed by atoms with Crippen LogP contribution in [-0.2, 0) is 0 Å². The Labute approximate surface area is 109 Å². The van der Waals surface area contributed by atoms with E-state index in [4.69, 9.17) is 16.3 Å². The van der Waals surface area contributed by atoms with Crippen LogP contribution in [-0.4, -0.2) is 33.8 Å². The number of aryl methyl sites for hydroxylation is 1. The molecule has 4 heteroatoms. The first-order valence-electron chi connectivity index (χ1n) is 5.86. The van der Waals surface area contributed by atoms with Crippen LogP contribution < -0.4 is 15.0 Å². The molecule has 96 valence electrons. The van der Waals surface area contributed by atoms with Gasteiger partial charge in [0.15, 0.2) is 0 Å². The van der Waals surface area contributed by atoms with Gasteiger partial charge in [-0.05, 0) is 31.2 Å². The normalized spacial score (nSPS) is 10.4. The average molecular weight is 257 g/mol. The van der Waals surface area contributed by atoms with Crippen molar-refractivity contribution in [2.24, 2.45) is 0 Å². The van der Waals surface area contributed by atoms with Gasteiger partial charge in [-0.15, -0.1) is 0 Å². The summed E-state index contributed by atoms with van der Waals surface area (Å²) >= 11 is 6.14. The molecule has 0 atom stereocenters. The van der Waals surface area contributed by atoms with Gasteiger partial charge < -0.3 is 15.0 Å². The van der Waals surface area contributed by atoms with E-state index in [1.807, 2.05) is 12.1 Å². The minimum absolute atomic E-state index is 0.656. The number of rotatable bonds is 6. The molecule has 0 heterocycles. The molecule has 0 amide bonds. The molecule has 1 N–H and O–H groups in total. The van der Waals surface area contributed by atoms with Gasteiger partial charge in [0.2, 0.25) is 0 Å². The molecule has 1 rings (SSSR count). The summed E-state index contributed by atoms with van der Waals surface area (Å²) in [5, 5.41) is 3.96. The van der Waals surface area contributed by atoms with E-state index in [0.29, 0.717) is 5.02 Å². The van der Waals surface area contributed by atoms with E-state index in [0.717, 1.165) is 31.1 Å². The zero-order valence-corrected chi connectivity index (χ0v) is 11.8. The van der Waals surface area contributed by atoms with Gasteiger partial charge in [0, 0.05) is 25.8 Å². The molecule has 0 aliphatic rings. The van der Waals surface area contributed by atoms with Crippen molar-refractivity contribution >= 4 is 17.3 Å². The summed E-state index contributed by atoms with van der Waals surface area (Å²) in [6.45, 7) is 7.09. The molecular weight excluding hydrogens is 236 g/mol. The lowest BCUT2D eigenvalue weighted by Gasteiger charge is -2.22. The van der Waals surface area contributed by atoms with Gasteiger partial charge in [0.1, 0.15) is 5.75 Å². The van der Waals surface area contributed by atoms with Gasteiger partial charge in [-0.1, -0.05) is 18.5 Å². The second kappa shape index (κ2) is 6.72. The van der Waals surface area contributed by atoms with Crippen LogP contribution in [0.25, 0.3) is 0 Å². The second-order valence-corrected chi connectivity index (χ2v) is 4.46. The van der Waals surface area contributed by atoms with Crippen molar-refractivity contribution < 1.29 is 4.74 Å². The number of hydrogen-bond donors (Lipinski definition) is 1. The Morgan fingerprint density at radius 3 is 2.71 bits per heavy atom. The number of nitrogens with one attached hydrogen (secondary N) is 1. The second-order valence-electron chi connectivity index (χ2n) is 4.05. The highest BCUT2D eigenvalue weighted by Crippen LogP contribution is 2.32. The number of ether oxygens (including phenoxy) is 1. The third-order valence-electron chi connectivity index (χ3n) is 2.76. The summed E-state index contributed by atoms with van der Waals surface area (Å²) in [5.41, 5.74) is 2.32. The largest absolute Gasteiger partial charge is 0.495 e. The van der Waals surface area contributed by atoms with E-state index in [1.165, 1.54) is 5.56 Å². The molecule has 1 aromatic carbocycles. The predicted octanol–water partition coefficient (Wildman–Crippen LogP) is 2.70. The number of nitrogens with zero attached hydrogens (tertiary/aromatic N) is 1. The van der Waals surface area contributed by atoms with Gasteiger partial charge in [-0.2, -0.15) is 0 Å². The van der Waals surface area contributed by atoms with Gasteiger partial charge in [0.25, 0.3) is 0 Å². The van der Waals surface area contributed by atoms with Crippen LogP contribution in [0.5, 0.6) is 5.75 Å². The van der Waals surface area contributed by atoms with Crippen molar-refractivity contribution in [1.29, 1.82) is 0 Å². The van der Waals surface area contributed by atoms with Crippen molar-refractivity contribution in [3.05, 3.63) is 22.7 Å². The zero-order chi connectivity index (χ0) is 12.8. The van der Waals surface area contributed by atoms with Gasteiger partial charge in [-0.3, -0.25) is 0 Å². The van der Waals surface area contributed by atoms with Crippen LogP contribution in [0.1, 0.15) is 12.5 Å². The standard InChI is InChI=1S/C13H21ClN2O/c1-5-15-6-7-16(3)12-9-11(14)13(17-4)8-10(12)2/h8-9,15H,5-7H2,1-4H3. The van der Waals surface area contributed by atoms with E-state index < -0.39 is 0 Å². The summed E-state index contributed by atoms with van der Waals surface area (Å²) in [6, 6.07) is 3.93. The average Bonchev–Trinajstić information content (AvgIpc) is 2.31. The Kier molecular flexibility index (Phi) is 5.59. The van der Waals surface area contributed by atoms with Crippen molar-refractivity contribution in [1.82, 2.24) is 5.32 Å². The van der Waals surface area contributed by atoms with Crippen molar-refractivity contribution in [2.45, 2.75) is 13.8 Å². The lowest BCUT2D eigenvalue weighted by Crippen LogP contribution is -2.29. The predicted molar refractivity (Wildman–Crippen MR) is 74.6 cm³/mol. The Hall–Kier alpha value is -0.930. The van der Waals surface area contributed by atoms with Gasteiger partial charge in [-0.25, -0.2) is 0 Å². The van der Waals surface area contributed by atoms with Crippen molar-refractivity contribution in [3.8, 4) is 5.75 Å². The molecule has 0 spiro atoms. The summed E-state index contributed by atoms with van der Waals surface area (Å²) in [4.78, 5) is 2.20. The highest BCUT2D eigenvalue weighted by Gasteiger charge is 2.09. The van der Waals surface area contributed by atoms with Crippen LogP contribution in [0, 0.1) is 6.92 Å². The topological polar surface area (TPSA) is 24.5 Å². The van der Waals surface area contributed by atoms with E-state index in [-0.39, 0.29) is 0 Å². The summed E-state index contributed by atoms with van der Waals surface area (Å²) in [5.74, 6) is 0.730. The number of anilines is 1. The maximum atomic E-state index is 6.14. The minimum Gasteiger partial charge on any atom is -0.495 e. The fourth-order valence-corrected chi connectivity index (χ4v) is 1.99. The maximum absolute atomic E-state index is 6.14. The zero-order valence-electron chi connectivity index (χ0n) is 11.0. The molecule has 0 unspecified atom stereocenters. The summed E-state index contributed by atoms with van der Waals surface area (Å²) in [6.07, 6.45) is 0. The fraction of sp³-hybridized carbons (Fsp3) is 0.538. The Morgan fingerprint density at radius 1 is 1.41 bits per heavy atom. The Bertz CT molecular complexity index is 369. The highest BCUT2D eigenvalue weighted by atomic mass is 35.5. The van der Waals surface area contributed by atoms with Crippen molar-refractivity contribution in [3.63, 3.8) is 0 Å². The van der Waals surface area contributed by atoms with E-state index in [9.17, 15) is 0 Å². The van der Waals surface area contributed by atoms with Crippen LogP contribution in [0.3, 0.4) is 0 Å². The molecule has 0 radical (unpaired) electrons. The molecule has 0 saturated heterocycles. The quantitative estimate of drug-likeness (QED) is 0.792. The molecule has 0 fully saturated rings. The first kappa shape index (κ1) is 14.1. The molecule has 0 aliphatic heterocycles. The minimum atomic E-state index is 0.656. The first-order valence-corrected chi connectivity index (χ1v) is 6.24. The van der Waals surface area contributed by atoms with Gasteiger partial charge in [0.05, 0.1) is 12.1 Å². The molecule has 0 saturated carbocycles. The molecule has 1 aromatic rings. The highest BCUT2D eigenvalue weighted by molar-refractivity contribution is 6.32.